The van der Waals surface area contributed by atoms with Gasteiger partial charge in [-0.15, -0.1) is 0 Å². The van der Waals surface area contributed by atoms with Gasteiger partial charge in [-0.2, -0.15) is 0 Å². The maximum absolute atomic E-state index is 9.09. The first kappa shape index (κ1) is 7.94. The lowest BCUT2D eigenvalue weighted by Crippen LogP contribution is -2.31. The Morgan fingerprint density at radius 1 is 1.20 bits per heavy atom. The molecule has 4 nitrogen and oxygen atoms in total. The largest absolute Gasteiger partial charge is 0.387 e. The van der Waals surface area contributed by atoms with Crippen molar-refractivity contribution in [1.29, 1.82) is 0 Å². The van der Waals surface area contributed by atoms with Gasteiger partial charge < -0.3 is 20.1 Å². The molecule has 0 aliphatic carbocycles. The maximum atomic E-state index is 9.09. The van der Waals surface area contributed by atoms with E-state index in [1.165, 1.54) is 0 Å². The highest BCUT2D eigenvalue weighted by atomic mass is 16.6. The van der Waals surface area contributed by atoms with E-state index in [1.54, 1.807) is 0 Å². The Bertz CT molecular complexity index is 116. The van der Waals surface area contributed by atoms with Crippen LogP contribution in [0.25, 0.3) is 0 Å². The summed E-state index contributed by atoms with van der Waals surface area (Å²) in [7, 11) is 0. The van der Waals surface area contributed by atoms with Crippen molar-refractivity contribution in [3.8, 4) is 0 Å². The predicted molar refractivity (Wildman–Crippen MR) is 33.2 cm³/mol. The van der Waals surface area contributed by atoms with Gasteiger partial charge in [0.05, 0.1) is 6.10 Å². The zero-order valence-corrected chi connectivity index (χ0v) is 5.77. The van der Waals surface area contributed by atoms with Gasteiger partial charge in [0.1, 0.15) is 12.2 Å². The predicted octanol–water partition coefficient (Wildman–Crippen LogP) is -1.16. The Hall–Kier alpha value is -0.160. The summed E-state index contributed by atoms with van der Waals surface area (Å²) in [6.07, 6.45) is -3.15. The number of hydrogen-bond donors (Lipinski definition) is 3. The second-order valence-electron chi connectivity index (χ2n) is 2.45. The fourth-order valence-electron chi connectivity index (χ4n) is 1.07. The van der Waals surface area contributed by atoms with Gasteiger partial charge in [0.2, 0.25) is 0 Å². The zero-order valence-electron chi connectivity index (χ0n) is 5.77. The molecular formula is C6H12O4. The van der Waals surface area contributed by atoms with Gasteiger partial charge in [-0.1, -0.05) is 6.92 Å². The molecule has 0 aromatic heterocycles. The molecule has 1 rings (SSSR count). The number of ether oxygens (including phenoxy) is 1. The highest BCUT2D eigenvalue weighted by Gasteiger charge is 2.40. The first-order valence-corrected chi connectivity index (χ1v) is 3.36. The highest BCUT2D eigenvalue weighted by molar-refractivity contribution is 4.84. The van der Waals surface area contributed by atoms with Gasteiger partial charge in [0.15, 0.2) is 6.29 Å². The molecule has 4 heteroatoms. The Balaban J connectivity index is 2.53. The number of aliphatic hydroxyl groups is 3. The standard InChI is InChI=1S/C6H12O4/c1-2-3-4(7)5(8)6(9)10-3/h3-9H,2H2,1H3/t3-,4-,5-,6?/m0/s1. The normalized spacial score (nSPS) is 48.0. The van der Waals surface area contributed by atoms with Crippen molar-refractivity contribution in [2.24, 2.45) is 0 Å². The van der Waals surface area contributed by atoms with Gasteiger partial charge in [-0.25, -0.2) is 0 Å². The fourth-order valence-corrected chi connectivity index (χ4v) is 1.07. The van der Waals surface area contributed by atoms with Gasteiger partial charge in [-0.05, 0) is 6.42 Å². The minimum atomic E-state index is -1.22. The number of aliphatic hydroxyl groups excluding tert-OH is 3. The van der Waals surface area contributed by atoms with Crippen LogP contribution < -0.4 is 0 Å². The van der Waals surface area contributed by atoms with Crippen molar-refractivity contribution < 1.29 is 20.1 Å². The van der Waals surface area contributed by atoms with Crippen molar-refractivity contribution in [2.75, 3.05) is 0 Å². The van der Waals surface area contributed by atoms with Crippen molar-refractivity contribution >= 4 is 0 Å². The van der Waals surface area contributed by atoms with Crippen LogP contribution in [0.4, 0.5) is 0 Å². The average Bonchev–Trinajstić information content (AvgIpc) is 2.17. The third kappa shape index (κ3) is 1.15. The topological polar surface area (TPSA) is 69.9 Å². The van der Waals surface area contributed by atoms with Crippen LogP contribution in [-0.4, -0.2) is 39.9 Å². The van der Waals surface area contributed by atoms with Crippen LogP contribution in [0.2, 0.25) is 0 Å². The Kier molecular flexibility index (Phi) is 2.25. The molecule has 0 radical (unpaired) electrons. The molecule has 0 amide bonds. The van der Waals surface area contributed by atoms with Gasteiger partial charge in [0.25, 0.3) is 0 Å². The van der Waals surface area contributed by atoms with Crippen LogP contribution in [0.15, 0.2) is 0 Å². The molecule has 4 atom stereocenters. The summed E-state index contributed by atoms with van der Waals surface area (Å²) in [5.74, 6) is 0. The molecule has 0 aromatic rings. The van der Waals surface area contributed by atoms with Gasteiger partial charge in [0, 0.05) is 0 Å². The molecule has 1 unspecified atom stereocenters. The SMILES string of the molecule is CC[C@@H]1OC(O)[C@@H](O)[C@H]1O. The van der Waals surface area contributed by atoms with E-state index in [0.29, 0.717) is 6.42 Å². The summed E-state index contributed by atoms with van der Waals surface area (Å²) in [5.41, 5.74) is 0. The number of hydrogen-bond acceptors (Lipinski definition) is 4. The van der Waals surface area contributed by atoms with E-state index >= 15 is 0 Å². The lowest BCUT2D eigenvalue weighted by molar-refractivity contribution is -0.127. The molecule has 3 N–H and O–H groups in total. The first-order valence-electron chi connectivity index (χ1n) is 3.36. The third-order valence-corrected chi connectivity index (χ3v) is 1.74. The van der Waals surface area contributed by atoms with E-state index in [4.69, 9.17) is 20.1 Å². The molecule has 1 heterocycles. The molecule has 0 bridgehead atoms. The second-order valence-corrected chi connectivity index (χ2v) is 2.45. The second kappa shape index (κ2) is 2.84. The van der Waals surface area contributed by atoms with Crippen molar-refractivity contribution in [1.82, 2.24) is 0 Å². The summed E-state index contributed by atoms with van der Waals surface area (Å²) < 4.78 is 4.79. The quantitative estimate of drug-likeness (QED) is 0.438. The van der Waals surface area contributed by atoms with E-state index < -0.39 is 24.6 Å². The van der Waals surface area contributed by atoms with Crippen LogP contribution in [0, 0.1) is 0 Å². The molecular weight excluding hydrogens is 136 g/mol. The van der Waals surface area contributed by atoms with Gasteiger partial charge >= 0.3 is 0 Å². The van der Waals surface area contributed by atoms with Crippen molar-refractivity contribution in [3.63, 3.8) is 0 Å². The molecule has 1 aliphatic heterocycles. The van der Waals surface area contributed by atoms with Crippen LogP contribution >= 0.6 is 0 Å². The van der Waals surface area contributed by atoms with E-state index in [2.05, 4.69) is 0 Å². The monoisotopic (exact) mass is 148 g/mol. The molecule has 10 heavy (non-hydrogen) atoms. The Morgan fingerprint density at radius 2 is 1.80 bits per heavy atom. The smallest absolute Gasteiger partial charge is 0.183 e. The van der Waals surface area contributed by atoms with Crippen molar-refractivity contribution in [3.05, 3.63) is 0 Å². The summed E-state index contributed by atoms with van der Waals surface area (Å²) >= 11 is 0. The highest BCUT2D eigenvalue weighted by Crippen LogP contribution is 2.21. The van der Waals surface area contributed by atoms with Crippen LogP contribution in [0.1, 0.15) is 13.3 Å². The first-order chi connectivity index (χ1) is 4.66. The van der Waals surface area contributed by atoms with E-state index in [1.807, 2.05) is 6.92 Å². The van der Waals surface area contributed by atoms with Crippen LogP contribution in [0.5, 0.6) is 0 Å². The Labute approximate surface area is 59.1 Å². The molecule has 0 saturated carbocycles. The summed E-state index contributed by atoms with van der Waals surface area (Å²) in [6, 6.07) is 0. The molecule has 60 valence electrons. The molecule has 0 spiro atoms. The number of rotatable bonds is 1. The average molecular weight is 148 g/mol. The van der Waals surface area contributed by atoms with Gasteiger partial charge in [-0.3, -0.25) is 0 Å². The van der Waals surface area contributed by atoms with E-state index in [0.717, 1.165) is 0 Å². The summed E-state index contributed by atoms with van der Waals surface area (Å²) in [4.78, 5) is 0. The minimum absolute atomic E-state index is 0.426. The Morgan fingerprint density at radius 3 is 2.00 bits per heavy atom. The maximum Gasteiger partial charge on any atom is 0.183 e. The molecule has 1 saturated heterocycles. The van der Waals surface area contributed by atoms with E-state index in [9.17, 15) is 0 Å². The van der Waals surface area contributed by atoms with Crippen molar-refractivity contribution in [2.45, 2.75) is 37.9 Å². The van der Waals surface area contributed by atoms with E-state index in [-0.39, 0.29) is 0 Å². The lowest BCUT2D eigenvalue weighted by Gasteiger charge is -2.10. The third-order valence-electron chi connectivity index (χ3n) is 1.74. The van der Waals surface area contributed by atoms with Crippen LogP contribution in [-0.2, 0) is 4.74 Å². The molecule has 0 aromatic carbocycles. The lowest BCUT2D eigenvalue weighted by atomic mass is 10.1. The zero-order chi connectivity index (χ0) is 7.72. The fraction of sp³-hybridized carbons (Fsp3) is 1.00. The molecule has 1 aliphatic rings. The summed E-state index contributed by atoms with van der Waals surface area (Å²) in [5, 5.41) is 26.9. The minimum Gasteiger partial charge on any atom is -0.387 e. The molecule has 1 fully saturated rings. The summed E-state index contributed by atoms with van der Waals surface area (Å²) in [6.45, 7) is 1.82. The van der Waals surface area contributed by atoms with Crippen LogP contribution in [0.3, 0.4) is 0 Å².